The molecule has 29 heavy (non-hydrogen) atoms. The van der Waals surface area contributed by atoms with Crippen LogP contribution in [0.2, 0.25) is 0 Å². The maximum Gasteiger partial charge on any atom is 0.261 e. The largest absolute Gasteiger partial charge is 0.496 e. The molecule has 0 saturated heterocycles. The summed E-state index contributed by atoms with van der Waals surface area (Å²) in [6, 6.07) is 23.3. The van der Waals surface area contributed by atoms with Gasteiger partial charge in [-0.25, -0.2) is 4.98 Å². The molecule has 5 heteroatoms. The molecule has 4 rings (SSSR count). The number of aryl methyl sites for hydroxylation is 1. The lowest BCUT2D eigenvalue weighted by Crippen LogP contribution is -2.26. The van der Waals surface area contributed by atoms with Gasteiger partial charge in [-0.15, -0.1) is 0 Å². The third-order valence-electron chi connectivity index (χ3n) is 4.93. The van der Waals surface area contributed by atoms with Crippen molar-refractivity contribution in [2.24, 2.45) is 0 Å². The summed E-state index contributed by atoms with van der Waals surface area (Å²) in [7, 11) is 1.63. The standard InChI is InChI=1S/C24H23N3O2/c1-17-11-13-18(14-12-17)25-15-16-27-23(20-8-4-6-10-22(20)29-2)26-21-9-5-3-7-19(21)24(27)28/h3-14,25H,15-16H2,1-2H3. The summed E-state index contributed by atoms with van der Waals surface area (Å²) < 4.78 is 7.24. The first-order valence-corrected chi connectivity index (χ1v) is 9.61. The van der Waals surface area contributed by atoms with E-state index in [0.29, 0.717) is 35.6 Å². The predicted molar refractivity (Wildman–Crippen MR) is 118 cm³/mol. The van der Waals surface area contributed by atoms with Crippen LogP contribution in [0.3, 0.4) is 0 Å². The van der Waals surface area contributed by atoms with Crippen molar-refractivity contribution in [2.75, 3.05) is 19.0 Å². The first-order valence-electron chi connectivity index (χ1n) is 9.61. The van der Waals surface area contributed by atoms with Crippen LogP contribution in [-0.4, -0.2) is 23.2 Å². The summed E-state index contributed by atoms with van der Waals surface area (Å²) in [6.07, 6.45) is 0. The highest BCUT2D eigenvalue weighted by molar-refractivity contribution is 5.80. The Morgan fingerprint density at radius 3 is 2.48 bits per heavy atom. The van der Waals surface area contributed by atoms with Gasteiger partial charge in [0.1, 0.15) is 11.6 Å². The van der Waals surface area contributed by atoms with Gasteiger partial charge in [-0.1, -0.05) is 42.0 Å². The Bertz CT molecular complexity index is 1200. The Morgan fingerprint density at radius 1 is 0.966 bits per heavy atom. The van der Waals surface area contributed by atoms with Crippen LogP contribution in [0.5, 0.6) is 5.75 Å². The average molecular weight is 385 g/mol. The first kappa shape index (κ1) is 18.7. The Balaban J connectivity index is 1.75. The molecule has 0 radical (unpaired) electrons. The molecule has 0 fully saturated rings. The van der Waals surface area contributed by atoms with Crippen molar-refractivity contribution in [2.45, 2.75) is 13.5 Å². The summed E-state index contributed by atoms with van der Waals surface area (Å²) in [5.74, 6) is 1.30. The second-order valence-electron chi connectivity index (χ2n) is 6.90. The Kier molecular flexibility index (Phi) is 5.29. The van der Waals surface area contributed by atoms with Crippen molar-refractivity contribution in [3.63, 3.8) is 0 Å². The number of anilines is 1. The summed E-state index contributed by atoms with van der Waals surface area (Å²) in [4.78, 5) is 18.1. The molecule has 0 aliphatic heterocycles. The van der Waals surface area contributed by atoms with E-state index in [2.05, 4.69) is 24.4 Å². The topological polar surface area (TPSA) is 56.1 Å². The van der Waals surface area contributed by atoms with Crippen molar-refractivity contribution in [1.29, 1.82) is 0 Å². The van der Waals surface area contributed by atoms with Gasteiger partial charge in [0.15, 0.2) is 0 Å². The van der Waals surface area contributed by atoms with Gasteiger partial charge in [0, 0.05) is 18.8 Å². The summed E-state index contributed by atoms with van der Waals surface area (Å²) in [5, 5.41) is 4.00. The van der Waals surface area contributed by atoms with Crippen molar-refractivity contribution in [3.05, 3.63) is 88.7 Å². The lowest BCUT2D eigenvalue weighted by atomic mass is 10.1. The maximum absolute atomic E-state index is 13.3. The number of hydrogen-bond donors (Lipinski definition) is 1. The monoisotopic (exact) mass is 385 g/mol. The van der Waals surface area contributed by atoms with Crippen LogP contribution in [-0.2, 0) is 6.54 Å². The second kappa shape index (κ2) is 8.19. The van der Waals surface area contributed by atoms with Crippen molar-refractivity contribution >= 4 is 16.6 Å². The van der Waals surface area contributed by atoms with E-state index in [0.717, 1.165) is 11.3 Å². The molecule has 0 aliphatic rings. The molecule has 0 saturated carbocycles. The van der Waals surface area contributed by atoms with Crippen LogP contribution in [0.15, 0.2) is 77.6 Å². The van der Waals surface area contributed by atoms with E-state index in [9.17, 15) is 4.79 Å². The molecule has 0 spiro atoms. The van der Waals surface area contributed by atoms with Gasteiger partial charge in [-0.2, -0.15) is 0 Å². The van der Waals surface area contributed by atoms with E-state index in [1.54, 1.807) is 11.7 Å². The van der Waals surface area contributed by atoms with Gasteiger partial charge in [0.25, 0.3) is 5.56 Å². The molecular formula is C24H23N3O2. The number of nitrogens with one attached hydrogen (secondary N) is 1. The molecule has 1 aromatic heterocycles. The summed E-state index contributed by atoms with van der Waals surface area (Å²) >= 11 is 0. The van der Waals surface area contributed by atoms with E-state index in [1.165, 1.54) is 5.56 Å². The zero-order valence-electron chi connectivity index (χ0n) is 16.6. The highest BCUT2D eigenvalue weighted by Gasteiger charge is 2.15. The normalized spacial score (nSPS) is 10.8. The minimum Gasteiger partial charge on any atom is -0.496 e. The van der Waals surface area contributed by atoms with Crippen LogP contribution < -0.4 is 15.6 Å². The minimum atomic E-state index is -0.0535. The smallest absolute Gasteiger partial charge is 0.261 e. The van der Waals surface area contributed by atoms with E-state index < -0.39 is 0 Å². The number of hydrogen-bond acceptors (Lipinski definition) is 4. The highest BCUT2D eigenvalue weighted by Crippen LogP contribution is 2.28. The number of methoxy groups -OCH3 is 1. The van der Waals surface area contributed by atoms with Crippen LogP contribution in [0, 0.1) is 6.92 Å². The third-order valence-corrected chi connectivity index (χ3v) is 4.93. The van der Waals surface area contributed by atoms with E-state index in [4.69, 9.17) is 9.72 Å². The number of rotatable bonds is 6. The molecule has 0 unspecified atom stereocenters. The Morgan fingerprint density at radius 2 is 1.69 bits per heavy atom. The number of nitrogens with zero attached hydrogens (tertiary/aromatic N) is 2. The maximum atomic E-state index is 13.3. The number of benzene rings is 3. The van der Waals surface area contributed by atoms with Gasteiger partial charge >= 0.3 is 0 Å². The van der Waals surface area contributed by atoms with Gasteiger partial charge in [0.05, 0.1) is 23.6 Å². The number of ether oxygens (including phenoxy) is 1. The molecule has 3 aromatic carbocycles. The third kappa shape index (κ3) is 3.85. The number of fused-ring (bicyclic) bond motifs is 1. The van der Waals surface area contributed by atoms with Crippen molar-refractivity contribution in [3.8, 4) is 17.1 Å². The van der Waals surface area contributed by atoms with Gasteiger partial charge in [-0.05, 0) is 43.3 Å². The minimum absolute atomic E-state index is 0.0535. The first-order chi connectivity index (χ1) is 14.2. The van der Waals surface area contributed by atoms with Crippen LogP contribution in [0.1, 0.15) is 5.56 Å². The molecule has 1 heterocycles. The lowest BCUT2D eigenvalue weighted by Gasteiger charge is -2.16. The zero-order chi connectivity index (χ0) is 20.2. The van der Waals surface area contributed by atoms with Crippen molar-refractivity contribution in [1.82, 2.24) is 9.55 Å². The molecule has 5 nitrogen and oxygen atoms in total. The van der Waals surface area contributed by atoms with Gasteiger partial charge < -0.3 is 10.1 Å². The quantitative estimate of drug-likeness (QED) is 0.531. The van der Waals surface area contributed by atoms with Crippen LogP contribution in [0.25, 0.3) is 22.3 Å². The predicted octanol–water partition coefficient (Wildman–Crippen LogP) is 4.49. The lowest BCUT2D eigenvalue weighted by molar-refractivity contribution is 0.415. The summed E-state index contributed by atoms with van der Waals surface area (Å²) in [6.45, 7) is 3.15. The molecule has 0 bridgehead atoms. The SMILES string of the molecule is COc1ccccc1-c1nc2ccccc2c(=O)n1CCNc1ccc(C)cc1. The Hall–Kier alpha value is -3.60. The van der Waals surface area contributed by atoms with Gasteiger partial charge in [-0.3, -0.25) is 9.36 Å². The average Bonchev–Trinajstić information content (AvgIpc) is 2.76. The fraction of sp³-hybridized carbons (Fsp3) is 0.167. The Labute approximate surface area is 169 Å². The summed E-state index contributed by atoms with van der Waals surface area (Å²) in [5.41, 5.74) is 3.66. The van der Waals surface area contributed by atoms with Gasteiger partial charge in [0.2, 0.25) is 0 Å². The van der Waals surface area contributed by atoms with Crippen molar-refractivity contribution < 1.29 is 4.74 Å². The molecule has 4 aromatic rings. The fourth-order valence-electron chi connectivity index (χ4n) is 3.39. The number of aromatic nitrogens is 2. The highest BCUT2D eigenvalue weighted by atomic mass is 16.5. The van der Waals surface area contributed by atoms with E-state index >= 15 is 0 Å². The molecular weight excluding hydrogens is 362 g/mol. The van der Waals surface area contributed by atoms with Crippen LogP contribution in [0.4, 0.5) is 5.69 Å². The second-order valence-corrected chi connectivity index (χ2v) is 6.90. The fourth-order valence-corrected chi connectivity index (χ4v) is 3.39. The number of para-hydroxylation sites is 2. The molecule has 0 atom stereocenters. The molecule has 0 aliphatic carbocycles. The molecule has 146 valence electrons. The zero-order valence-corrected chi connectivity index (χ0v) is 16.6. The molecule has 0 amide bonds. The van der Waals surface area contributed by atoms with E-state index in [1.807, 2.05) is 60.7 Å². The molecule has 1 N–H and O–H groups in total. The van der Waals surface area contributed by atoms with E-state index in [-0.39, 0.29) is 5.56 Å². The van der Waals surface area contributed by atoms with Crippen LogP contribution >= 0.6 is 0 Å².